The van der Waals surface area contributed by atoms with Crippen molar-refractivity contribution in [3.8, 4) is 0 Å². The first-order valence-electron chi connectivity index (χ1n) is 7.04. The minimum Gasteiger partial charge on any atom is -0.331 e. The molecule has 1 heterocycles. The molecule has 2 nitrogen and oxygen atoms in total. The van der Waals surface area contributed by atoms with Gasteiger partial charge in [0, 0.05) is 6.54 Å². The molecule has 0 radical (unpaired) electrons. The molecule has 0 saturated heterocycles. The highest BCUT2D eigenvalue weighted by atomic mass is 35.5. The lowest BCUT2D eigenvalue weighted by molar-refractivity contribution is 0.461. The lowest BCUT2D eigenvalue weighted by Crippen LogP contribution is -2.00. The molecule has 0 bridgehead atoms. The highest BCUT2D eigenvalue weighted by Gasteiger charge is 2.14. The maximum absolute atomic E-state index is 6.08. The number of aromatic nitrogens is 2. The van der Waals surface area contributed by atoms with Gasteiger partial charge in [0.25, 0.3) is 0 Å². The summed E-state index contributed by atoms with van der Waals surface area (Å²) in [6, 6.07) is 3.76. The van der Waals surface area contributed by atoms with E-state index in [0.29, 0.717) is 10.0 Å². The molecule has 1 saturated carbocycles. The van der Waals surface area contributed by atoms with Crippen LogP contribution in [0.2, 0.25) is 10.0 Å². The van der Waals surface area contributed by atoms with Gasteiger partial charge in [0.2, 0.25) is 0 Å². The van der Waals surface area contributed by atoms with Gasteiger partial charge in [-0.25, -0.2) is 4.98 Å². The molecule has 0 atom stereocenters. The number of halogens is 2. The van der Waals surface area contributed by atoms with Crippen LogP contribution >= 0.6 is 23.2 Å². The molecule has 4 heteroatoms. The minimum absolute atomic E-state index is 0.574. The number of benzene rings is 1. The topological polar surface area (TPSA) is 17.8 Å². The Morgan fingerprint density at radius 1 is 1.16 bits per heavy atom. The van der Waals surface area contributed by atoms with Crippen molar-refractivity contribution in [3.63, 3.8) is 0 Å². The second-order valence-corrected chi connectivity index (χ2v) is 6.30. The van der Waals surface area contributed by atoms with Gasteiger partial charge in [0.05, 0.1) is 27.4 Å². The van der Waals surface area contributed by atoms with Gasteiger partial charge >= 0.3 is 0 Å². The average Bonchev–Trinajstić information content (AvgIpc) is 3.02. The van der Waals surface area contributed by atoms with Crippen LogP contribution in [0.15, 0.2) is 18.5 Å². The second kappa shape index (κ2) is 5.72. The molecule has 3 rings (SSSR count). The predicted molar refractivity (Wildman–Crippen MR) is 80.9 cm³/mol. The molecule has 1 fully saturated rings. The van der Waals surface area contributed by atoms with Crippen LogP contribution in [-0.2, 0) is 6.54 Å². The molecular formula is C15H18Cl2N2. The van der Waals surface area contributed by atoms with Gasteiger partial charge in [-0.15, -0.1) is 0 Å². The summed E-state index contributed by atoms with van der Waals surface area (Å²) >= 11 is 12.1. The first-order valence-corrected chi connectivity index (χ1v) is 7.79. The molecule has 1 aromatic heterocycles. The quantitative estimate of drug-likeness (QED) is 0.747. The monoisotopic (exact) mass is 296 g/mol. The minimum atomic E-state index is 0.574. The Bertz CT molecular complexity index is 571. The number of nitrogens with zero attached hydrogens (tertiary/aromatic N) is 2. The molecule has 1 aromatic carbocycles. The Hall–Kier alpha value is -0.730. The normalized spacial score (nSPS) is 16.5. The third kappa shape index (κ3) is 2.90. The van der Waals surface area contributed by atoms with Crippen LogP contribution in [0.3, 0.4) is 0 Å². The lowest BCUT2D eigenvalue weighted by Gasteiger charge is -2.09. The van der Waals surface area contributed by atoms with Gasteiger partial charge in [-0.3, -0.25) is 0 Å². The highest BCUT2D eigenvalue weighted by molar-refractivity contribution is 6.42. The molecule has 0 aliphatic heterocycles. The number of hydrogen-bond acceptors (Lipinski definition) is 1. The Kier molecular flexibility index (Phi) is 3.99. The van der Waals surface area contributed by atoms with Gasteiger partial charge in [-0.1, -0.05) is 48.9 Å². The molecular weight excluding hydrogens is 279 g/mol. The van der Waals surface area contributed by atoms with Crippen molar-refractivity contribution in [2.75, 3.05) is 0 Å². The van der Waals surface area contributed by atoms with Crippen LogP contribution in [0, 0.1) is 5.92 Å². The van der Waals surface area contributed by atoms with E-state index in [9.17, 15) is 0 Å². The van der Waals surface area contributed by atoms with Crippen LogP contribution < -0.4 is 0 Å². The number of imidazole rings is 1. The zero-order chi connectivity index (χ0) is 13.2. The molecule has 19 heavy (non-hydrogen) atoms. The summed E-state index contributed by atoms with van der Waals surface area (Å²) in [5.41, 5.74) is 2.01. The zero-order valence-electron chi connectivity index (χ0n) is 10.9. The fourth-order valence-corrected chi connectivity index (χ4v) is 3.40. The summed E-state index contributed by atoms with van der Waals surface area (Å²) in [5, 5.41) is 1.18. The Morgan fingerprint density at radius 2 is 1.89 bits per heavy atom. The predicted octanol–water partition coefficient (Wildman–Crippen LogP) is 5.31. The molecule has 102 valence electrons. The van der Waals surface area contributed by atoms with Crippen LogP contribution in [0.25, 0.3) is 11.0 Å². The number of rotatable bonds is 4. The van der Waals surface area contributed by atoms with Gasteiger partial charge in [0.15, 0.2) is 0 Å². The maximum Gasteiger partial charge on any atom is 0.0958 e. The number of fused-ring (bicyclic) bond motifs is 1. The van der Waals surface area contributed by atoms with Crippen molar-refractivity contribution >= 4 is 34.2 Å². The molecule has 0 spiro atoms. The van der Waals surface area contributed by atoms with Gasteiger partial charge in [-0.2, -0.15) is 0 Å². The molecule has 1 aliphatic carbocycles. The summed E-state index contributed by atoms with van der Waals surface area (Å²) < 4.78 is 2.19. The Balaban J connectivity index is 1.68. The molecule has 0 N–H and O–H groups in total. The second-order valence-electron chi connectivity index (χ2n) is 5.49. The van der Waals surface area contributed by atoms with E-state index >= 15 is 0 Å². The van der Waals surface area contributed by atoms with Crippen molar-refractivity contribution in [1.82, 2.24) is 9.55 Å². The first kappa shape index (κ1) is 13.3. The summed E-state index contributed by atoms with van der Waals surface area (Å²) in [6.07, 6.45) is 10.1. The van der Waals surface area contributed by atoms with Crippen molar-refractivity contribution in [2.24, 2.45) is 5.92 Å². The molecule has 2 aromatic rings. The average molecular weight is 297 g/mol. The Morgan fingerprint density at radius 3 is 2.68 bits per heavy atom. The van der Waals surface area contributed by atoms with Gasteiger partial charge < -0.3 is 4.57 Å². The van der Waals surface area contributed by atoms with Crippen LogP contribution in [0.4, 0.5) is 0 Å². The van der Waals surface area contributed by atoms with Crippen molar-refractivity contribution in [2.45, 2.75) is 45.1 Å². The SMILES string of the molecule is Clc1cc2ncn(CCCC3CCCC3)c2cc1Cl. The van der Waals surface area contributed by atoms with E-state index in [0.717, 1.165) is 23.5 Å². The van der Waals surface area contributed by atoms with E-state index in [-0.39, 0.29) is 0 Å². The van der Waals surface area contributed by atoms with E-state index in [1.165, 1.54) is 38.5 Å². The van der Waals surface area contributed by atoms with E-state index in [1.807, 2.05) is 18.5 Å². The third-order valence-corrected chi connectivity index (χ3v) is 4.87. The number of aryl methyl sites for hydroxylation is 1. The van der Waals surface area contributed by atoms with Crippen molar-refractivity contribution < 1.29 is 0 Å². The van der Waals surface area contributed by atoms with Crippen LogP contribution in [0.1, 0.15) is 38.5 Å². The maximum atomic E-state index is 6.08. The largest absolute Gasteiger partial charge is 0.331 e. The fourth-order valence-electron chi connectivity index (χ4n) is 3.08. The van der Waals surface area contributed by atoms with Crippen LogP contribution in [0.5, 0.6) is 0 Å². The molecule has 1 aliphatic rings. The number of hydrogen-bond donors (Lipinski definition) is 0. The summed E-state index contributed by atoms with van der Waals surface area (Å²) in [4.78, 5) is 4.39. The summed E-state index contributed by atoms with van der Waals surface area (Å²) in [5.74, 6) is 0.952. The summed E-state index contributed by atoms with van der Waals surface area (Å²) in [7, 11) is 0. The van der Waals surface area contributed by atoms with Crippen molar-refractivity contribution in [3.05, 3.63) is 28.5 Å². The van der Waals surface area contributed by atoms with E-state index in [1.54, 1.807) is 0 Å². The van der Waals surface area contributed by atoms with Gasteiger partial charge in [0.1, 0.15) is 0 Å². The van der Waals surface area contributed by atoms with E-state index in [2.05, 4.69) is 9.55 Å². The lowest BCUT2D eigenvalue weighted by atomic mass is 10.0. The smallest absolute Gasteiger partial charge is 0.0958 e. The first-order chi connectivity index (χ1) is 9.24. The fraction of sp³-hybridized carbons (Fsp3) is 0.533. The van der Waals surface area contributed by atoms with Gasteiger partial charge in [-0.05, 0) is 30.9 Å². The van der Waals surface area contributed by atoms with Crippen LogP contribution in [-0.4, -0.2) is 9.55 Å². The van der Waals surface area contributed by atoms with E-state index < -0.39 is 0 Å². The highest BCUT2D eigenvalue weighted by Crippen LogP contribution is 2.30. The molecule has 0 amide bonds. The zero-order valence-corrected chi connectivity index (χ0v) is 12.4. The third-order valence-electron chi connectivity index (χ3n) is 4.15. The summed E-state index contributed by atoms with van der Waals surface area (Å²) in [6.45, 7) is 1.02. The van der Waals surface area contributed by atoms with Crippen molar-refractivity contribution in [1.29, 1.82) is 0 Å². The van der Waals surface area contributed by atoms with E-state index in [4.69, 9.17) is 23.2 Å². The standard InChI is InChI=1S/C15H18Cl2N2/c16-12-8-14-15(9-13(12)17)19(10-18-14)7-3-6-11-4-1-2-5-11/h8-11H,1-7H2. The Labute approximate surface area is 123 Å². The molecule has 0 unspecified atom stereocenters.